The number of carbonyl (C=O) groups excluding carboxylic acids is 1. The first-order chi connectivity index (χ1) is 13.1. The molecule has 1 unspecified atom stereocenters. The summed E-state index contributed by atoms with van der Waals surface area (Å²) in [5, 5.41) is 6.19. The Labute approximate surface area is 166 Å². The molecule has 2 N–H and O–H groups in total. The zero-order valence-corrected chi connectivity index (χ0v) is 17.8. The number of aliphatic imine (C=N–C) groups is 1. The molecule has 0 aromatic carbocycles. The maximum Gasteiger partial charge on any atom is 0.220 e. The Morgan fingerprint density at radius 1 is 1.11 bits per heavy atom. The van der Waals surface area contributed by atoms with Gasteiger partial charge in [0.15, 0.2) is 5.96 Å². The molecule has 2 rings (SSSR count). The molecule has 2 aliphatic rings. The molecule has 2 aliphatic heterocycles. The molecule has 0 spiro atoms. The second kappa shape index (κ2) is 12.2. The van der Waals surface area contributed by atoms with Crippen LogP contribution in [0.2, 0.25) is 0 Å². The third kappa shape index (κ3) is 7.68. The van der Waals surface area contributed by atoms with E-state index in [1.165, 1.54) is 38.8 Å². The van der Waals surface area contributed by atoms with Gasteiger partial charge in [0.2, 0.25) is 5.91 Å². The summed E-state index contributed by atoms with van der Waals surface area (Å²) in [6, 6.07) is 0.760. The third-order valence-electron chi connectivity index (χ3n) is 6.06. The van der Waals surface area contributed by atoms with Crippen LogP contribution < -0.4 is 10.6 Å². The van der Waals surface area contributed by atoms with Crippen LogP contribution in [0.3, 0.4) is 0 Å². The molecule has 6 heteroatoms. The maximum absolute atomic E-state index is 11.6. The number of rotatable bonds is 8. The van der Waals surface area contributed by atoms with Gasteiger partial charge in [-0.2, -0.15) is 0 Å². The fourth-order valence-electron chi connectivity index (χ4n) is 4.24. The summed E-state index contributed by atoms with van der Waals surface area (Å²) in [6.07, 6.45) is 9.32. The van der Waals surface area contributed by atoms with Gasteiger partial charge in [-0.05, 0) is 71.4 Å². The Balaban J connectivity index is 1.70. The first kappa shape index (κ1) is 22.0. The van der Waals surface area contributed by atoms with Gasteiger partial charge in [0.1, 0.15) is 0 Å². The fourth-order valence-corrected chi connectivity index (χ4v) is 4.24. The molecular weight excluding hydrogens is 338 g/mol. The molecule has 1 atom stereocenters. The average molecular weight is 380 g/mol. The lowest BCUT2D eigenvalue weighted by atomic mass is 9.93. The Bertz CT molecular complexity index is 459. The lowest BCUT2D eigenvalue weighted by Gasteiger charge is -2.34. The highest BCUT2D eigenvalue weighted by molar-refractivity contribution is 5.80. The second-order valence-electron chi connectivity index (χ2n) is 8.13. The van der Waals surface area contributed by atoms with Crippen molar-refractivity contribution in [3.8, 4) is 0 Å². The van der Waals surface area contributed by atoms with Crippen molar-refractivity contribution in [2.75, 3.05) is 46.3 Å². The minimum absolute atomic E-state index is 0.164. The van der Waals surface area contributed by atoms with Crippen LogP contribution >= 0.6 is 0 Å². The number of hydrogen-bond donors (Lipinski definition) is 2. The topological polar surface area (TPSA) is 60.0 Å². The van der Waals surface area contributed by atoms with Gasteiger partial charge in [-0.15, -0.1) is 0 Å². The predicted molar refractivity (Wildman–Crippen MR) is 113 cm³/mol. The summed E-state index contributed by atoms with van der Waals surface area (Å²) in [7, 11) is 1.72. The number of guanidine groups is 1. The van der Waals surface area contributed by atoms with Gasteiger partial charge < -0.3 is 20.4 Å². The van der Waals surface area contributed by atoms with Gasteiger partial charge in [0, 0.05) is 45.7 Å². The molecule has 1 amide bonds. The second-order valence-corrected chi connectivity index (χ2v) is 8.13. The molecule has 0 saturated carbocycles. The van der Waals surface area contributed by atoms with Crippen molar-refractivity contribution in [1.29, 1.82) is 0 Å². The number of piperidine rings is 2. The summed E-state index contributed by atoms with van der Waals surface area (Å²) in [5.41, 5.74) is 0. The van der Waals surface area contributed by atoms with Gasteiger partial charge in [-0.25, -0.2) is 0 Å². The van der Waals surface area contributed by atoms with Crippen molar-refractivity contribution >= 4 is 11.9 Å². The molecule has 2 fully saturated rings. The molecule has 6 nitrogen and oxygen atoms in total. The van der Waals surface area contributed by atoms with E-state index in [9.17, 15) is 4.79 Å². The van der Waals surface area contributed by atoms with Gasteiger partial charge in [0.25, 0.3) is 0 Å². The Hall–Kier alpha value is -1.30. The SMILES string of the molecule is CCNC(=NCCCCN1CCCCC1C)N1CCC(CC(=O)NC)CC1. The number of amides is 1. The van der Waals surface area contributed by atoms with Gasteiger partial charge >= 0.3 is 0 Å². The summed E-state index contributed by atoms with van der Waals surface area (Å²) in [5.74, 6) is 1.73. The van der Waals surface area contributed by atoms with Crippen molar-refractivity contribution < 1.29 is 4.79 Å². The molecule has 0 aromatic heterocycles. The Morgan fingerprint density at radius 2 is 1.89 bits per heavy atom. The third-order valence-corrected chi connectivity index (χ3v) is 6.06. The van der Waals surface area contributed by atoms with Crippen LogP contribution in [0.15, 0.2) is 4.99 Å². The van der Waals surface area contributed by atoms with Crippen LogP contribution in [0.1, 0.15) is 65.2 Å². The number of nitrogens with zero attached hydrogens (tertiary/aromatic N) is 3. The van der Waals surface area contributed by atoms with Crippen LogP contribution in [0.25, 0.3) is 0 Å². The van der Waals surface area contributed by atoms with E-state index in [-0.39, 0.29) is 5.91 Å². The normalized spacial score (nSPS) is 22.7. The molecule has 0 aliphatic carbocycles. The first-order valence-corrected chi connectivity index (χ1v) is 11.1. The Morgan fingerprint density at radius 3 is 2.56 bits per heavy atom. The standard InChI is InChI=1S/C21H41N5O/c1-4-23-21(26-15-10-19(11-16-26)17-20(27)22-3)24-12-6-8-14-25-13-7-5-9-18(25)2/h18-19H,4-17H2,1-3H3,(H,22,27)(H,23,24). The summed E-state index contributed by atoms with van der Waals surface area (Å²) < 4.78 is 0. The van der Waals surface area contributed by atoms with Crippen LogP contribution in [0.4, 0.5) is 0 Å². The van der Waals surface area contributed by atoms with Gasteiger partial charge in [-0.1, -0.05) is 6.42 Å². The van der Waals surface area contributed by atoms with Crippen LogP contribution in [-0.4, -0.2) is 74.0 Å². The highest BCUT2D eigenvalue weighted by atomic mass is 16.1. The molecule has 2 heterocycles. The smallest absolute Gasteiger partial charge is 0.220 e. The maximum atomic E-state index is 11.6. The predicted octanol–water partition coefficient (Wildman–Crippen LogP) is 2.45. The highest BCUT2D eigenvalue weighted by Crippen LogP contribution is 2.20. The largest absolute Gasteiger partial charge is 0.359 e. The van der Waals surface area contributed by atoms with Crippen molar-refractivity contribution in [3.05, 3.63) is 0 Å². The lowest BCUT2D eigenvalue weighted by Crippen LogP contribution is -2.46. The molecule has 0 aromatic rings. The van der Waals surface area contributed by atoms with Crippen molar-refractivity contribution in [3.63, 3.8) is 0 Å². The molecule has 0 bridgehead atoms. The molecule has 27 heavy (non-hydrogen) atoms. The highest BCUT2D eigenvalue weighted by Gasteiger charge is 2.23. The number of unbranched alkanes of at least 4 members (excludes halogenated alkanes) is 1. The monoisotopic (exact) mass is 379 g/mol. The van der Waals surface area contributed by atoms with Crippen molar-refractivity contribution in [2.24, 2.45) is 10.9 Å². The van der Waals surface area contributed by atoms with Crippen LogP contribution in [0.5, 0.6) is 0 Å². The van der Waals surface area contributed by atoms with Crippen LogP contribution in [0, 0.1) is 5.92 Å². The molecule has 2 saturated heterocycles. The van der Waals surface area contributed by atoms with E-state index in [0.29, 0.717) is 12.3 Å². The van der Waals surface area contributed by atoms with Gasteiger partial charge in [-0.3, -0.25) is 9.79 Å². The molecule has 0 radical (unpaired) electrons. The van der Waals surface area contributed by atoms with E-state index < -0.39 is 0 Å². The number of nitrogens with one attached hydrogen (secondary N) is 2. The van der Waals surface area contributed by atoms with E-state index in [0.717, 1.165) is 57.4 Å². The quantitative estimate of drug-likeness (QED) is 0.386. The lowest BCUT2D eigenvalue weighted by molar-refractivity contribution is -0.121. The minimum Gasteiger partial charge on any atom is -0.359 e. The minimum atomic E-state index is 0.164. The van der Waals surface area contributed by atoms with Crippen LogP contribution in [-0.2, 0) is 4.79 Å². The van der Waals surface area contributed by atoms with Crippen molar-refractivity contribution in [1.82, 2.24) is 20.4 Å². The van der Waals surface area contributed by atoms with Crippen molar-refractivity contribution in [2.45, 2.75) is 71.3 Å². The molecular formula is C21H41N5O. The van der Waals surface area contributed by atoms with E-state index in [1.54, 1.807) is 7.05 Å². The van der Waals surface area contributed by atoms with E-state index in [1.807, 2.05) is 0 Å². The summed E-state index contributed by atoms with van der Waals surface area (Å²) in [6.45, 7) is 10.8. The fraction of sp³-hybridized carbons (Fsp3) is 0.905. The zero-order valence-electron chi connectivity index (χ0n) is 17.8. The Kier molecular flexibility index (Phi) is 9.95. The first-order valence-electron chi connectivity index (χ1n) is 11.1. The summed E-state index contributed by atoms with van der Waals surface area (Å²) >= 11 is 0. The van der Waals surface area contributed by atoms with E-state index >= 15 is 0 Å². The van der Waals surface area contributed by atoms with E-state index in [2.05, 4.69) is 34.3 Å². The average Bonchev–Trinajstić information content (AvgIpc) is 2.69. The zero-order chi connectivity index (χ0) is 19.5. The van der Waals surface area contributed by atoms with E-state index in [4.69, 9.17) is 4.99 Å². The number of hydrogen-bond acceptors (Lipinski definition) is 3. The van der Waals surface area contributed by atoms with Gasteiger partial charge in [0.05, 0.1) is 0 Å². The summed E-state index contributed by atoms with van der Waals surface area (Å²) in [4.78, 5) is 21.5. The molecule has 156 valence electrons. The number of carbonyl (C=O) groups is 1. The number of likely N-dealkylation sites (tertiary alicyclic amines) is 2.